The number of hydrogen-bond acceptors (Lipinski definition) is 8. The minimum Gasteiger partial charge on any atom is -0.490 e. The Morgan fingerprint density at radius 1 is 0.541 bits per heavy atom. The van der Waals surface area contributed by atoms with Crippen LogP contribution < -0.4 is 18.9 Å². The van der Waals surface area contributed by atoms with Gasteiger partial charge in [0.15, 0.2) is 17.3 Å². The van der Waals surface area contributed by atoms with Gasteiger partial charge in [0.25, 0.3) is 0 Å². The molecule has 1 heterocycles. The molecule has 332 valence electrons. The molecule has 8 heteroatoms. The maximum atomic E-state index is 13.8. The average Bonchev–Trinajstić information content (AvgIpc) is 3.78. The summed E-state index contributed by atoms with van der Waals surface area (Å²) in [6, 6.07) is 21.9. The standard InChI is InChI=1S/C53H74N2O6/c1-4-7-10-13-16-19-22-25-36-57-50-39-46(53(56)60-47-34-32-44(33-35-47)48-41-49(61-55-48)45-30-28-43(42-54)29-31-45)40-51(58-37-26-23-20-17-14-11-8-5-2)52(50)59-38-27-24-21-18-15-12-9-6-3/h28-35,39-41H,4-27,36-38H2,1-3H3. The molecule has 0 unspecified atom stereocenters. The van der Waals surface area contributed by atoms with Crippen molar-refractivity contribution in [1.82, 2.24) is 5.16 Å². The molecule has 0 N–H and O–H groups in total. The van der Waals surface area contributed by atoms with E-state index in [9.17, 15) is 4.79 Å². The zero-order valence-corrected chi connectivity index (χ0v) is 37.8. The van der Waals surface area contributed by atoms with Gasteiger partial charge in [0.1, 0.15) is 11.4 Å². The first kappa shape index (κ1) is 48.9. The van der Waals surface area contributed by atoms with Gasteiger partial charge in [-0.05, 0) is 79.9 Å². The number of carbonyl (C=O) groups is 1. The largest absolute Gasteiger partial charge is 0.490 e. The quantitative estimate of drug-likeness (QED) is 0.0260. The molecule has 0 aliphatic heterocycles. The van der Waals surface area contributed by atoms with Crippen molar-refractivity contribution in [2.75, 3.05) is 19.8 Å². The van der Waals surface area contributed by atoms with E-state index >= 15 is 0 Å². The molecule has 0 fully saturated rings. The second kappa shape index (κ2) is 30.3. The third kappa shape index (κ3) is 18.8. The van der Waals surface area contributed by atoms with E-state index in [0.717, 1.165) is 49.7 Å². The molecule has 0 aliphatic rings. The van der Waals surface area contributed by atoms with Crippen LogP contribution in [0.4, 0.5) is 0 Å². The molecule has 0 radical (unpaired) electrons. The molecule has 4 rings (SSSR count). The fourth-order valence-corrected chi connectivity index (χ4v) is 7.41. The lowest BCUT2D eigenvalue weighted by molar-refractivity contribution is 0.0733. The van der Waals surface area contributed by atoms with Crippen molar-refractivity contribution in [2.45, 2.75) is 175 Å². The van der Waals surface area contributed by atoms with E-state index in [2.05, 4.69) is 32.0 Å². The first-order chi connectivity index (χ1) is 30.1. The van der Waals surface area contributed by atoms with Gasteiger partial charge in [0.2, 0.25) is 5.75 Å². The number of hydrogen-bond donors (Lipinski definition) is 0. The SMILES string of the molecule is CCCCCCCCCCOc1cc(C(=O)Oc2ccc(-c3cc(-c4ccc(C#N)cc4)on3)cc2)cc(OCCCCCCCCCC)c1OCCCCCCCCCC. The number of aromatic nitrogens is 1. The van der Waals surface area contributed by atoms with E-state index in [4.69, 9.17) is 28.7 Å². The predicted octanol–water partition coefficient (Wildman–Crippen LogP) is 15.7. The smallest absolute Gasteiger partial charge is 0.343 e. The van der Waals surface area contributed by atoms with E-state index in [0.29, 0.717) is 65.4 Å². The van der Waals surface area contributed by atoms with E-state index in [1.807, 2.05) is 30.3 Å². The summed E-state index contributed by atoms with van der Waals surface area (Å²) < 4.78 is 30.9. The predicted molar refractivity (Wildman–Crippen MR) is 248 cm³/mol. The molecule has 1 aromatic heterocycles. The first-order valence-corrected chi connectivity index (χ1v) is 23.9. The van der Waals surface area contributed by atoms with Crippen molar-refractivity contribution < 1.29 is 28.3 Å². The summed E-state index contributed by atoms with van der Waals surface area (Å²) in [7, 11) is 0. The van der Waals surface area contributed by atoms with E-state index in [1.165, 1.54) is 116 Å². The zero-order chi connectivity index (χ0) is 43.2. The number of unbranched alkanes of at least 4 members (excludes halogenated alkanes) is 21. The number of ether oxygens (including phenoxy) is 4. The Hall–Kier alpha value is -4.77. The van der Waals surface area contributed by atoms with Gasteiger partial charge in [-0.3, -0.25) is 0 Å². The summed E-state index contributed by atoms with van der Waals surface area (Å²) in [6.07, 6.45) is 29.0. The molecule has 61 heavy (non-hydrogen) atoms. The second-order valence-corrected chi connectivity index (χ2v) is 16.5. The molecule has 8 nitrogen and oxygen atoms in total. The number of benzene rings is 3. The third-order valence-electron chi connectivity index (χ3n) is 11.2. The highest BCUT2D eigenvalue weighted by Crippen LogP contribution is 2.40. The van der Waals surface area contributed by atoms with Crippen LogP contribution in [0.2, 0.25) is 0 Å². The summed E-state index contributed by atoms with van der Waals surface area (Å²) in [5.41, 5.74) is 3.22. The Bertz CT molecular complexity index is 1770. The fraction of sp³-hybridized carbons (Fsp3) is 0.566. The van der Waals surface area contributed by atoms with E-state index in [1.54, 1.807) is 36.4 Å². The molecule has 0 saturated carbocycles. The molecular weight excluding hydrogens is 761 g/mol. The summed E-state index contributed by atoms with van der Waals surface area (Å²) in [5.74, 6) is 2.14. The van der Waals surface area contributed by atoms with E-state index in [-0.39, 0.29) is 0 Å². The Kier molecular flexibility index (Phi) is 24.3. The summed E-state index contributed by atoms with van der Waals surface area (Å²) in [6.45, 7) is 8.39. The van der Waals surface area contributed by atoms with Crippen LogP contribution in [0.1, 0.15) is 191 Å². The molecular formula is C53H74N2O6. The number of rotatable bonds is 34. The molecule has 0 aliphatic carbocycles. The fourth-order valence-electron chi connectivity index (χ4n) is 7.41. The normalized spacial score (nSPS) is 11.0. The van der Waals surface area contributed by atoms with Gasteiger partial charge >= 0.3 is 5.97 Å². The summed E-state index contributed by atoms with van der Waals surface area (Å²) in [5, 5.41) is 13.4. The Morgan fingerprint density at radius 2 is 0.967 bits per heavy atom. The Morgan fingerprint density at radius 3 is 1.43 bits per heavy atom. The first-order valence-electron chi connectivity index (χ1n) is 23.9. The van der Waals surface area contributed by atoms with Crippen molar-refractivity contribution >= 4 is 5.97 Å². The van der Waals surface area contributed by atoms with Gasteiger partial charge in [-0.25, -0.2) is 4.79 Å². The lowest BCUT2D eigenvalue weighted by atomic mass is 10.1. The number of nitrogens with zero attached hydrogens (tertiary/aromatic N) is 2. The highest BCUT2D eigenvalue weighted by Gasteiger charge is 2.21. The van der Waals surface area contributed by atoms with Crippen molar-refractivity contribution in [3.05, 3.63) is 77.9 Å². The molecule has 0 spiro atoms. The average molecular weight is 835 g/mol. The molecule has 0 bridgehead atoms. The Balaban J connectivity index is 1.46. The van der Waals surface area contributed by atoms with Crippen molar-refractivity contribution in [1.29, 1.82) is 5.26 Å². The zero-order valence-electron chi connectivity index (χ0n) is 37.8. The van der Waals surface area contributed by atoms with Crippen LogP contribution in [0, 0.1) is 11.3 Å². The van der Waals surface area contributed by atoms with Gasteiger partial charge in [-0.15, -0.1) is 0 Å². The molecule has 4 aromatic rings. The van der Waals surface area contributed by atoms with Crippen LogP contribution in [0.3, 0.4) is 0 Å². The molecule has 0 saturated heterocycles. The van der Waals surface area contributed by atoms with Gasteiger partial charge in [0, 0.05) is 17.2 Å². The number of carbonyl (C=O) groups excluding carboxylic acids is 1. The van der Waals surface area contributed by atoms with Crippen molar-refractivity contribution in [3.8, 4) is 51.6 Å². The lowest BCUT2D eigenvalue weighted by Crippen LogP contribution is -2.12. The summed E-state index contributed by atoms with van der Waals surface area (Å²) in [4.78, 5) is 13.8. The molecule has 0 amide bonds. The van der Waals surface area contributed by atoms with Crippen molar-refractivity contribution in [2.24, 2.45) is 0 Å². The van der Waals surface area contributed by atoms with Crippen LogP contribution in [0.25, 0.3) is 22.6 Å². The van der Waals surface area contributed by atoms with Gasteiger partial charge in [-0.2, -0.15) is 5.26 Å². The third-order valence-corrected chi connectivity index (χ3v) is 11.2. The van der Waals surface area contributed by atoms with Crippen molar-refractivity contribution in [3.63, 3.8) is 0 Å². The van der Waals surface area contributed by atoms with Crippen LogP contribution in [-0.2, 0) is 0 Å². The molecule has 0 atom stereocenters. The number of esters is 1. The molecule has 3 aromatic carbocycles. The van der Waals surface area contributed by atoms with Gasteiger partial charge in [0.05, 0.1) is 37.0 Å². The lowest BCUT2D eigenvalue weighted by Gasteiger charge is -2.19. The highest BCUT2D eigenvalue weighted by atomic mass is 16.5. The van der Waals surface area contributed by atoms with Crippen LogP contribution >= 0.6 is 0 Å². The summed E-state index contributed by atoms with van der Waals surface area (Å²) >= 11 is 0. The Labute approximate surface area is 367 Å². The maximum absolute atomic E-state index is 13.8. The minimum atomic E-state index is -0.499. The monoisotopic (exact) mass is 835 g/mol. The number of nitriles is 1. The highest BCUT2D eigenvalue weighted by molar-refractivity contribution is 5.92. The van der Waals surface area contributed by atoms with Crippen LogP contribution in [0.5, 0.6) is 23.0 Å². The van der Waals surface area contributed by atoms with Crippen LogP contribution in [0.15, 0.2) is 71.3 Å². The minimum absolute atomic E-state index is 0.351. The van der Waals surface area contributed by atoms with E-state index < -0.39 is 5.97 Å². The van der Waals surface area contributed by atoms with Gasteiger partial charge in [-0.1, -0.05) is 161 Å². The van der Waals surface area contributed by atoms with Gasteiger partial charge < -0.3 is 23.5 Å². The second-order valence-electron chi connectivity index (χ2n) is 16.5. The topological polar surface area (TPSA) is 104 Å². The maximum Gasteiger partial charge on any atom is 0.343 e. The van der Waals surface area contributed by atoms with Crippen LogP contribution in [-0.4, -0.2) is 30.9 Å².